The Labute approximate surface area is 395 Å². The summed E-state index contributed by atoms with van der Waals surface area (Å²) in [4.78, 5) is 0. The lowest BCUT2D eigenvalue weighted by Crippen LogP contribution is -2.30. The Bertz CT molecular complexity index is 2850. The van der Waals surface area contributed by atoms with Crippen molar-refractivity contribution < 1.29 is 5.98 Å². The summed E-state index contributed by atoms with van der Waals surface area (Å²) in [5.41, 5.74) is 13.7. The van der Waals surface area contributed by atoms with Gasteiger partial charge in [0.2, 0.25) is 0 Å². The molecule has 11 rings (SSSR count). The van der Waals surface area contributed by atoms with Crippen molar-refractivity contribution in [2.75, 3.05) is 0 Å². The molecule has 0 radical (unpaired) electrons. The van der Waals surface area contributed by atoms with Gasteiger partial charge in [0.05, 0.1) is 10.8 Å². The molecule has 2 heteroatoms. The number of hydrogen-bond acceptors (Lipinski definition) is 2. The van der Waals surface area contributed by atoms with Gasteiger partial charge in [0.15, 0.2) is 0 Å². The van der Waals surface area contributed by atoms with Crippen LogP contribution in [0.15, 0.2) is 279 Å². The minimum atomic E-state index is -0.512. The van der Waals surface area contributed by atoms with Gasteiger partial charge in [-0.2, -0.15) is 0 Å². The number of fused-ring (bicyclic) bond motifs is 2. The molecule has 66 heavy (non-hydrogen) atoms. The average molecular weight is 868 g/mol. The van der Waals surface area contributed by atoms with E-state index >= 15 is 0 Å². The number of rotatable bonds is 10. The Morgan fingerprint density at radius 1 is 0.212 bits per heavy atom. The van der Waals surface area contributed by atoms with E-state index in [-0.39, 0.29) is 1.43 Å². The van der Waals surface area contributed by atoms with Crippen LogP contribution < -0.4 is 0 Å². The molecule has 0 saturated heterocycles. The highest BCUT2D eigenvalue weighted by atomic mass is 32.1. The second kappa shape index (κ2) is 18.8. The third kappa shape index (κ3) is 7.22. The van der Waals surface area contributed by atoms with Crippen molar-refractivity contribution in [1.29, 1.82) is 0 Å². The molecule has 318 valence electrons. The van der Waals surface area contributed by atoms with Gasteiger partial charge < -0.3 is 5.98 Å². The van der Waals surface area contributed by atoms with Gasteiger partial charge >= 0.3 is 0 Å². The summed E-state index contributed by atoms with van der Waals surface area (Å²) in [6.07, 6.45) is 0. The summed E-state index contributed by atoms with van der Waals surface area (Å²) in [6.45, 7) is 0. The molecule has 1 N–H and O–H groups in total. The van der Waals surface area contributed by atoms with Crippen LogP contribution in [0.3, 0.4) is 0 Å². The van der Waals surface area contributed by atoms with Crippen LogP contribution in [0, 0.1) is 0 Å². The van der Waals surface area contributed by atoms with Crippen LogP contribution in [-0.4, -0.2) is 4.55 Å². The lowest BCUT2D eigenvalue weighted by Gasteiger charge is -2.37. The van der Waals surface area contributed by atoms with Crippen molar-refractivity contribution >= 4 is 34.5 Å². The molecule has 1 nitrogen and oxygen atoms in total. The van der Waals surface area contributed by atoms with E-state index in [0.717, 1.165) is 0 Å². The maximum Gasteiger partial charge on any atom is 0.0701 e. The zero-order valence-electron chi connectivity index (χ0n) is 37.5. The van der Waals surface area contributed by atoms with Crippen molar-refractivity contribution in [1.82, 2.24) is 0 Å². The fourth-order valence-corrected chi connectivity index (χ4v) is 10.7. The van der Waals surface area contributed by atoms with Crippen LogP contribution in [0.1, 0.15) is 45.9 Å². The Balaban J connectivity index is 0.00000185. The van der Waals surface area contributed by atoms with Gasteiger partial charge in [-0.25, -0.2) is 0 Å². The first-order valence-electron chi connectivity index (χ1n) is 22.5. The highest BCUT2D eigenvalue weighted by molar-refractivity contribution is 7.74. The summed E-state index contributed by atoms with van der Waals surface area (Å²) < 4.78 is 6.69. The minimum absolute atomic E-state index is 0. The second-order valence-corrected chi connectivity index (χ2v) is 16.7. The second-order valence-electron chi connectivity index (χ2n) is 16.7. The SMILES string of the molecule is OS.[3H-].c1ccc(C(c2ccccc2)(c2ccccc2)c2ccc(-c3c4ccccc4c(-c4ccc(C(c5ccccc5)(c5ccccc5)c5ccccc5)cc4)c4ccccc34)cc2)cc1. The molecule has 0 atom stereocenters. The molecule has 0 heterocycles. The Morgan fingerprint density at radius 2 is 0.379 bits per heavy atom. The summed E-state index contributed by atoms with van der Waals surface area (Å²) in [7, 11) is 0. The van der Waals surface area contributed by atoms with Crippen LogP contribution in [0.25, 0.3) is 43.8 Å². The van der Waals surface area contributed by atoms with Gasteiger partial charge in [-0.05, 0) is 101 Å². The maximum atomic E-state index is 6.69. The summed E-state index contributed by atoms with van der Waals surface area (Å²) in [6, 6.07) is 102. The predicted molar refractivity (Wildman–Crippen MR) is 282 cm³/mol. The maximum absolute atomic E-state index is 6.69. The van der Waals surface area contributed by atoms with Crippen molar-refractivity contribution in [2.24, 2.45) is 0 Å². The first-order chi connectivity index (χ1) is 32.8. The smallest absolute Gasteiger partial charge is 0.0701 e. The number of benzene rings is 11. The molecule has 11 aromatic rings. The first kappa shape index (κ1) is 42.2. The van der Waals surface area contributed by atoms with E-state index in [1.54, 1.807) is 0 Å². The van der Waals surface area contributed by atoms with Gasteiger partial charge in [-0.1, -0.05) is 279 Å². The lowest BCUT2D eigenvalue weighted by atomic mass is 9.65. The van der Waals surface area contributed by atoms with E-state index in [1.165, 1.54) is 88.3 Å². The largest absolute Gasteiger partial charge is 1.00 e. The van der Waals surface area contributed by atoms with Crippen LogP contribution in [0.5, 0.6) is 0 Å². The molecular formula is C64H49OS-. The Kier molecular flexibility index (Phi) is 12.0. The molecule has 0 aliphatic heterocycles. The molecule has 0 amide bonds. The van der Waals surface area contributed by atoms with E-state index < -0.39 is 10.8 Å². The van der Waals surface area contributed by atoms with E-state index in [0.29, 0.717) is 0 Å². The first-order valence-corrected chi connectivity index (χ1v) is 22.9. The van der Waals surface area contributed by atoms with Crippen LogP contribution >= 0.6 is 12.9 Å². The molecule has 0 unspecified atom stereocenters. The van der Waals surface area contributed by atoms with Crippen molar-refractivity contribution in [3.63, 3.8) is 0 Å². The Hall–Kier alpha value is -7.75. The normalized spacial score (nSPS) is 11.5. The standard InChI is InChI=1S/C64H46.H2OS.H/c1-7-23-49(24-8-1)63(50-25-9-2-10-26-50,51-27-11-3-12-28-51)55-43-39-47(40-44-55)61-57-35-19-21-37-59(57)62(60-38-22-20-36-58(60)61)48-41-45-56(46-42-48)64(52-29-13-4-14-30-52,53-31-15-5-16-32-53)54-33-17-6-18-34-54;1-2;/h1-46H;1-2H;/q;;-1/i;;1+2. The minimum Gasteiger partial charge on any atom is -1.00 e. The zero-order chi connectivity index (χ0) is 44.8. The topological polar surface area (TPSA) is 20.2 Å². The average Bonchev–Trinajstić information content (AvgIpc) is 3.41. The fourth-order valence-electron chi connectivity index (χ4n) is 10.7. The van der Waals surface area contributed by atoms with Gasteiger partial charge in [-0.3, -0.25) is 0 Å². The summed E-state index contributed by atoms with van der Waals surface area (Å²) >= 11 is 2.53. The molecule has 0 spiro atoms. The summed E-state index contributed by atoms with van der Waals surface area (Å²) in [5.74, 6) is 0. The Morgan fingerprint density at radius 3 is 0.576 bits per heavy atom. The molecule has 0 aromatic heterocycles. The fraction of sp³-hybridized carbons (Fsp3) is 0.0312. The van der Waals surface area contributed by atoms with Gasteiger partial charge in [0.25, 0.3) is 0 Å². The molecule has 11 aromatic carbocycles. The third-order valence-electron chi connectivity index (χ3n) is 13.4. The molecule has 0 aliphatic rings. The third-order valence-corrected chi connectivity index (χ3v) is 13.4. The zero-order valence-corrected chi connectivity index (χ0v) is 37.3. The lowest BCUT2D eigenvalue weighted by molar-refractivity contribution is 0.679. The molecule has 0 fully saturated rings. The van der Waals surface area contributed by atoms with Crippen LogP contribution in [-0.2, 0) is 10.8 Å². The highest BCUT2D eigenvalue weighted by Crippen LogP contribution is 2.49. The van der Waals surface area contributed by atoms with Crippen molar-refractivity contribution in [3.8, 4) is 22.3 Å². The monoisotopic (exact) mass is 867 g/mol. The van der Waals surface area contributed by atoms with Gasteiger partial charge in [0.1, 0.15) is 0 Å². The van der Waals surface area contributed by atoms with Crippen LogP contribution in [0.2, 0.25) is 0 Å². The number of thiol groups is 1. The van der Waals surface area contributed by atoms with Crippen LogP contribution in [0.4, 0.5) is 0 Å². The van der Waals surface area contributed by atoms with E-state index in [1.807, 2.05) is 0 Å². The summed E-state index contributed by atoms with van der Waals surface area (Å²) in [5, 5.41) is 4.95. The van der Waals surface area contributed by atoms with Gasteiger partial charge in [-0.15, -0.1) is 0 Å². The molecule has 0 aliphatic carbocycles. The molecule has 0 bridgehead atoms. The quantitative estimate of drug-likeness (QED) is 0.0607. The van der Waals surface area contributed by atoms with Crippen molar-refractivity contribution in [3.05, 3.63) is 324 Å². The molecule has 0 saturated carbocycles. The van der Waals surface area contributed by atoms with E-state index in [4.69, 9.17) is 4.55 Å². The highest BCUT2D eigenvalue weighted by Gasteiger charge is 2.39. The number of hydrogen-bond donors (Lipinski definition) is 2. The van der Waals surface area contributed by atoms with Crippen molar-refractivity contribution in [2.45, 2.75) is 10.8 Å². The molecular weight excluding hydrogens is 817 g/mol. The van der Waals surface area contributed by atoms with Gasteiger partial charge in [0, 0.05) is 0 Å². The van der Waals surface area contributed by atoms with E-state index in [2.05, 4.69) is 292 Å². The predicted octanol–water partition coefficient (Wildman–Crippen LogP) is 16.6. The van der Waals surface area contributed by atoms with E-state index in [9.17, 15) is 0 Å².